The van der Waals surface area contributed by atoms with Gasteiger partial charge >= 0.3 is 11.9 Å². The second-order valence-corrected chi connectivity index (χ2v) is 5.00. The zero-order valence-electron chi connectivity index (χ0n) is 12.9. The quantitative estimate of drug-likeness (QED) is 0.866. The molecule has 0 aromatic heterocycles. The molecule has 1 N–H and O–H groups in total. The van der Waals surface area contributed by atoms with Crippen molar-refractivity contribution in [2.45, 2.75) is 27.2 Å². The maximum Gasteiger partial charge on any atom is 0.336 e. The molecule has 0 fully saturated rings. The molecule has 0 atom stereocenters. The standard InChI is InChI=1S/C17H19NO4/c1-4-22-17(21)15-10-14(16(19)20)11(2)18(12(15)3)13-8-6-5-7-9-13/h5-9H,4,10H2,1-3H3,(H,19,20). The van der Waals surface area contributed by atoms with E-state index in [1.165, 1.54) is 0 Å². The molecule has 0 spiro atoms. The van der Waals surface area contributed by atoms with Crippen LogP contribution >= 0.6 is 0 Å². The predicted molar refractivity (Wildman–Crippen MR) is 83.2 cm³/mol. The fraction of sp³-hybridized carbons (Fsp3) is 0.294. The second kappa shape index (κ2) is 6.47. The van der Waals surface area contributed by atoms with Gasteiger partial charge in [0.05, 0.1) is 17.8 Å². The molecular weight excluding hydrogens is 282 g/mol. The topological polar surface area (TPSA) is 66.8 Å². The normalized spacial score (nSPS) is 15.1. The third-order valence-corrected chi connectivity index (χ3v) is 3.69. The van der Waals surface area contributed by atoms with Crippen molar-refractivity contribution in [2.75, 3.05) is 11.5 Å². The predicted octanol–water partition coefficient (Wildman–Crippen LogP) is 3.09. The van der Waals surface area contributed by atoms with Crippen LogP contribution in [0, 0.1) is 0 Å². The Labute approximate surface area is 129 Å². The Morgan fingerprint density at radius 2 is 1.73 bits per heavy atom. The van der Waals surface area contributed by atoms with Crippen molar-refractivity contribution in [1.29, 1.82) is 0 Å². The molecule has 0 saturated carbocycles. The van der Waals surface area contributed by atoms with Crippen LogP contribution in [0.1, 0.15) is 27.2 Å². The summed E-state index contributed by atoms with van der Waals surface area (Å²) in [6.45, 7) is 5.54. The molecule has 116 valence electrons. The first-order valence-electron chi connectivity index (χ1n) is 7.12. The maximum absolute atomic E-state index is 12.1. The van der Waals surface area contributed by atoms with Gasteiger partial charge in [0.1, 0.15) is 0 Å². The SMILES string of the molecule is CCOC(=O)C1=C(C)N(c2ccccc2)C(C)=C(C(=O)O)C1. The van der Waals surface area contributed by atoms with E-state index in [2.05, 4.69) is 0 Å². The maximum atomic E-state index is 12.1. The van der Waals surface area contributed by atoms with Crippen molar-refractivity contribution in [2.24, 2.45) is 0 Å². The zero-order chi connectivity index (χ0) is 16.3. The lowest BCUT2D eigenvalue weighted by molar-refractivity contribution is -0.138. The van der Waals surface area contributed by atoms with E-state index in [4.69, 9.17) is 4.74 Å². The number of nitrogens with zero attached hydrogens (tertiary/aromatic N) is 1. The number of hydrogen-bond donors (Lipinski definition) is 1. The van der Waals surface area contributed by atoms with Gasteiger partial charge in [0.2, 0.25) is 0 Å². The van der Waals surface area contributed by atoms with Gasteiger partial charge in [-0.05, 0) is 32.9 Å². The first-order chi connectivity index (χ1) is 10.5. The number of ether oxygens (including phenoxy) is 1. The molecular formula is C17H19NO4. The van der Waals surface area contributed by atoms with E-state index in [0.717, 1.165) is 5.69 Å². The molecule has 1 heterocycles. The Morgan fingerprint density at radius 3 is 2.27 bits per heavy atom. The minimum Gasteiger partial charge on any atom is -0.478 e. The van der Waals surface area contributed by atoms with Crippen LogP contribution in [0.5, 0.6) is 0 Å². The molecule has 1 aliphatic rings. The van der Waals surface area contributed by atoms with Gasteiger partial charge in [0.15, 0.2) is 0 Å². The summed E-state index contributed by atoms with van der Waals surface area (Å²) in [5, 5.41) is 9.43. The van der Waals surface area contributed by atoms with Crippen LogP contribution in [0.3, 0.4) is 0 Å². The van der Waals surface area contributed by atoms with Crippen LogP contribution in [0.4, 0.5) is 5.69 Å². The molecule has 0 amide bonds. The number of anilines is 1. The third-order valence-electron chi connectivity index (χ3n) is 3.69. The molecule has 1 aliphatic heterocycles. The van der Waals surface area contributed by atoms with Gasteiger partial charge in [-0.1, -0.05) is 18.2 Å². The van der Waals surface area contributed by atoms with Gasteiger partial charge in [-0.3, -0.25) is 0 Å². The zero-order valence-corrected chi connectivity index (χ0v) is 12.9. The number of carboxylic acids is 1. The van der Waals surface area contributed by atoms with Gasteiger partial charge < -0.3 is 14.7 Å². The van der Waals surface area contributed by atoms with Crippen molar-refractivity contribution in [3.8, 4) is 0 Å². The Balaban J connectivity index is 2.56. The highest BCUT2D eigenvalue weighted by Gasteiger charge is 2.30. The molecule has 0 aliphatic carbocycles. The lowest BCUT2D eigenvalue weighted by atomic mass is 9.96. The molecule has 1 aromatic rings. The summed E-state index contributed by atoms with van der Waals surface area (Å²) in [7, 11) is 0. The van der Waals surface area contributed by atoms with Gasteiger partial charge in [0.25, 0.3) is 0 Å². The number of benzene rings is 1. The Kier molecular flexibility index (Phi) is 4.65. The van der Waals surface area contributed by atoms with Gasteiger partial charge in [-0.25, -0.2) is 9.59 Å². The Hall–Kier alpha value is -2.56. The number of rotatable bonds is 4. The average Bonchev–Trinajstić information content (AvgIpc) is 2.48. The van der Waals surface area contributed by atoms with Crippen LogP contribution in [0.25, 0.3) is 0 Å². The van der Waals surface area contributed by atoms with Crippen LogP contribution in [-0.2, 0) is 14.3 Å². The van der Waals surface area contributed by atoms with Crippen molar-refractivity contribution in [1.82, 2.24) is 0 Å². The van der Waals surface area contributed by atoms with Crippen molar-refractivity contribution < 1.29 is 19.4 Å². The number of carbonyl (C=O) groups excluding carboxylic acids is 1. The summed E-state index contributed by atoms with van der Waals surface area (Å²) in [5.41, 5.74) is 2.72. The van der Waals surface area contributed by atoms with Gasteiger partial charge in [-0.2, -0.15) is 0 Å². The first-order valence-corrected chi connectivity index (χ1v) is 7.12. The third kappa shape index (κ3) is 2.88. The summed E-state index contributed by atoms with van der Waals surface area (Å²) in [5.74, 6) is -1.49. The summed E-state index contributed by atoms with van der Waals surface area (Å²) in [4.78, 5) is 25.4. The number of carboxylic acid groups (broad SMARTS) is 1. The molecule has 22 heavy (non-hydrogen) atoms. The fourth-order valence-corrected chi connectivity index (χ4v) is 2.59. The van der Waals surface area contributed by atoms with Crippen LogP contribution in [0.2, 0.25) is 0 Å². The van der Waals surface area contributed by atoms with E-state index in [0.29, 0.717) is 17.0 Å². The highest BCUT2D eigenvalue weighted by molar-refractivity contribution is 5.97. The summed E-state index contributed by atoms with van der Waals surface area (Å²) in [6, 6.07) is 9.38. The molecule has 0 radical (unpaired) electrons. The average molecular weight is 301 g/mol. The number of allylic oxidation sites excluding steroid dienone is 2. The molecule has 2 rings (SSSR count). The minimum absolute atomic E-state index is 0.0785. The van der Waals surface area contributed by atoms with E-state index in [9.17, 15) is 14.7 Å². The molecule has 0 bridgehead atoms. The lowest BCUT2D eigenvalue weighted by Crippen LogP contribution is -2.30. The Morgan fingerprint density at radius 1 is 1.14 bits per heavy atom. The van der Waals surface area contributed by atoms with E-state index >= 15 is 0 Å². The Bertz CT molecular complexity index is 658. The van der Waals surface area contributed by atoms with E-state index in [-0.39, 0.29) is 18.6 Å². The number of aliphatic carboxylic acids is 1. The fourth-order valence-electron chi connectivity index (χ4n) is 2.59. The van der Waals surface area contributed by atoms with E-state index < -0.39 is 11.9 Å². The van der Waals surface area contributed by atoms with Crippen molar-refractivity contribution in [3.05, 3.63) is 52.9 Å². The van der Waals surface area contributed by atoms with Gasteiger partial charge in [-0.15, -0.1) is 0 Å². The molecule has 1 aromatic carbocycles. The lowest BCUT2D eigenvalue weighted by Gasteiger charge is -2.33. The van der Waals surface area contributed by atoms with Gasteiger partial charge in [0, 0.05) is 23.5 Å². The molecule has 5 heteroatoms. The summed E-state index contributed by atoms with van der Waals surface area (Å²) >= 11 is 0. The highest BCUT2D eigenvalue weighted by Crippen LogP contribution is 2.35. The van der Waals surface area contributed by atoms with Crippen LogP contribution in [0.15, 0.2) is 52.9 Å². The van der Waals surface area contributed by atoms with Crippen LogP contribution in [-0.4, -0.2) is 23.7 Å². The van der Waals surface area contributed by atoms with Crippen LogP contribution < -0.4 is 4.90 Å². The smallest absolute Gasteiger partial charge is 0.336 e. The molecule has 0 saturated heterocycles. The van der Waals surface area contributed by atoms with E-state index in [1.807, 2.05) is 30.3 Å². The number of hydrogen-bond acceptors (Lipinski definition) is 4. The largest absolute Gasteiger partial charge is 0.478 e. The number of para-hydroxylation sites is 1. The highest BCUT2D eigenvalue weighted by atomic mass is 16.5. The monoisotopic (exact) mass is 301 g/mol. The minimum atomic E-state index is -1.02. The van der Waals surface area contributed by atoms with Crippen molar-refractivity contribution >= 4 is 17.6 Å². The van der Waals surface area contributed by atoms with Crippen molar-refractivity contribution in [3.63, 3.8) is 0 Å². The molecule has 5 nitrogen and oxygen atoms in total. The number of carbonyl (C=O) groups is 2. The first kappa shape index (κ1) is 15.8. The van der Waals surface area contributed by atoms with E-state index in [1.54, 1.807) is 25.7 Å². The molecule has 0 unspecified atom stereocenters. The number of esters is 1. The second-order valence-electron chi connectivity index (χ2n) is 5.00. The summed E-state index contributed by atoms with van der Waals surface area (Å²) < 4.78 is 5.06. The summed E-state index contributed by atoms with van der Waals surface area (Å²) in [6.07, 6.45) is 0.0785.